The first-order valence-corrected chi connectivity index (χ1v) is 10.1. The molecule has 0 spiro atoms. The second-order valence-corrected chi connectivity index (χ2v) is 7.99. The van der Waals surface area contributed by atoms with Crippen LogP contribution in [0.1, 0.15) is 10.4 Å². The Bertz CT molecular complexity index is 1190. The topological polar surface area (TPSA) is 59.8 Å². The number of carbonyl (C=O) groups excluding carboxylic acids is 1. The predicted octanol–water partition coefficient (Wildman–Crippen LogP) is 4.65. The molecule has 5 nitrogen and oxygen atoms in total. The van der Waals surface area contributed by atoms with E-state index in [1.807, 2.05) is 60.8 Å². The molecule has 0 saturated carbocycles. The molecule has 2 aromatic heterocycles. The lowest BCUT2D eigenvalue weighted by Crippen LogP contribution is -2.24. The number of para-hydroxylation sites is 1. The summed E-state index contributed by atoms with van der Waals surface area (Å²) in [7, 11) is 0. The van der Waals surface area contributed by atoms with Crippen LogP contribution in [-0.2, 0) is 6.54 Å². The molecule has 0 bridgehead atoms. The van der Waals surface area contributed by atoms with Gasteiger partial charge in [-0.15, -0.1) is 0 Å². The van der Waals surface area contributed by atoms with Crippen LogP contribution in [0.5, 0.6) is 0 Å². The van der Waals surface area contributed by atoms with Crippen molar-refractivity contribution < 1.29 is 4.79 Å². The molecule has 1 aliphatic rings. The Hall–Kier alpha value is -2.83. The number of hydrogen-bond acceptors (Lipinski definition) is 4. The number of rotatable bonds is 3. The molecular formula is C21H15ClN4OS. The number of pyridine rings is 1. The summed E-state index contributed by atoms with van der Waals surface area (Å²) in [4.78, 5) is 22.7. The van der Waals surface area contributed by atoms with E-state index < -0.39 is 0 Å². The fourth-order valence-corrected chi connectivity index (χ4v) is 4.26. The molecule has 1 amide bonds. The SMILES string of the molecule is O=C1NCCn2c(-c3ccc(Sc4ccc(Cl)cc4)nc3)nc3cccc1c32. The molecule has 3 heterocycles. The Kier molecular flexibility index (Phi) is 4.30. The minimum Gasteiger partial charge on any atom is -0.350 e. The maximum Gasteiger partial charge on any atom is 0.253 e. The van der Waals surface area contributed by atoms with E-state index in [-0.39, 0.29) is 5.91 Å². The first-order valence-electron chi connectivity index (χ1n) is 8.86. The Morgan fingerprint density at radius 1 is 1.07 bits per heavy atom. The van der Waals surface area contributed by atoms with Gasteiger partial charge in [0, 0.05) is 34.8 Å². The number of amides is 1. The third-order valence-corrected chi connectivity index (χ3v) is 5.87. The van der Waals surface area contributed by atoms with Gasteiger partial charge in [-0.3, -0.25) is 4.79 Å². The molecule has 5 rings (SSSR count). The average Bonchev–Trinajstić information content (AvgIpc) is 3.00. The van der Waals surface area contributed by atoms with Crippen molar-refractivity contribution in [3.63, 3.8) is 0 Å². The third-order valence-electron chi connectivity index (χ3n) is 4.66. The van der Waals surface area contributed by atoms with E-state index in [0.29, 0.717) is 18.7 Å². The molecule has 0 saturated heterocycles. The lowest BCUT2D eigenvalue weighted by atomic mass is 10.2. The Morgan fingerprint density at radius 3 is 2.71 bits per heavy atom. The number of nitrogens with zero attached hydrogens (tertiary/aromatic N) is 3. The van der Waals surface area contributed by atoms with Gasteiger partial charge in [-0.25, -0.2) is 9.97 Å². The molecule has 4 aromatic rings. The van der Waals surface area contributed by atoms with Gasteiger partial charge in [-0.1, -0.05) is 29.4 Å². The van der Waals surface area contributed by atoms with Crippen LogP contribution < -0.4 is 5.32 Å². The van der Waals surface area contributed by atoms with Crippen LogP contribution in [0.4, 0.5) is 0 Å². The fourth-order valence-electron chi connectivity index (χ4n) is 3.38. The number of nitrogens with one attached hydrogen (secondary N) is 1. The molecule has 2 aromatic carbocycles. The molecule has 1 aliphatic heterocycles. The summed E-state index contributed by atoms with van der Waals surface area (Å²) in [5.41, 5.74) is 3.30. The lowest BCUT2D eigenvalue weighted by Gasteiger charge is -2.08. The van der Waals surface area contributed by atoms with Crippen LogP contribution in [0.2, 0.25) is 5.02 Å². The number of aromatic nitrogens is 3. The van der Waals surface area contributed by atoms with E-state index in [4.69, 9.17) is 16.6 Å². The van der Waals surface area contributed by atoms with Crippen LogP contribution in [0.15, 0.2) is 70.7 Å². The molecule has 0 aliphatic carbocycles. The van der Waals surface area contributed by atoms with E-state index in [9.17, 15) is 4.79 Å². The van der Waals surface area contributed by atoms with Crippen molar-refractivity contribution in [3.05, 3.63) is 71.4 Å². The van der Waals surface area contributed by atoms with Crippen LogP contribution in [0.25, 0.3) is 22.4 Å². The molecule has 7 heteroatoms. The highest BCUT2D eigenvalue weighted by Crippen LogP contribution is 2.31. The highest BCUT2D eigenvalue weighted by atomic mass is 35.5. The molecule has 1 N–H and O–H groups in total. The number of imidazole rings is 1. The van der Waals surface area contributed by atoms with Crippen molar-refractivity contribution in [2.75, 3.05) is 6.54 Å². The number of halogens is 1. The number of hydrogen-bond donors (Lipinski definition) is 1. The molecule has 0 unspecified atom stereocenters. The van der Waals surface area contributed by atoms with E-state index in [2.05, 4.69) is 14.9 Å². The van der Waals surface area contributed by atoms with Crippen LogP contribution in [-0.4, -0.2) is 27.0 Å². The highest BCUT2D eigenvalue weighted by Gasteiger charge is 2.21. The standard InChI is InChI=1S/C21H15ClN4OS/c22-14-5-7-15(8-6-14)28-18-9-4-13(12-24-18)20-25-17-3-1-2-16-19(17)26(20)11-10-23-21(16)27/h1-9,12H,10-11H2,(H,23,27). The second kappa shape index (κ2) is 6.96. The zero-order valence-electron chi connectivity index (χ0n) is 14.7. The van der Waals surface area contributed by atoms with E-state index in [1.54, 1.807) is 11.8 Å². The largest absolute Gasteiger partial charge is 0.350 e. The normalized spacial score (nSPS) is 13.4. The molecule has 0 atom stereocenters. The molecule has 138 valence electrons. The van der Waals surface area contributed by atoms with Gasteiger partial charge in [-0.2, -0.15) is 0 Å². The van der Waals surface area contributed by atoms with E-state index in [0.717, 1.165) is 37.4 Å². The van der Waals surface area contributed by atoms with Crippen molar-refractivity contribution >= 4 is 40.3 Å². The van der Waals surface area contributed by atoms with E-state index in [1.165, 1.54) is 0 Å². The maximum absolute atomic E-state index is 12.3. The minimum absolute atomic E-state index is 0.0522. The van der Waals surface area contributed by atoms with Crippen molar-refractivity contribution in [1.82, 2.24) is 19.9 Å². The number of benzene rings is 2. The van der Waals surface area contributed by atoms with E-state index >= 15 is 0 Å². The first-order chi connectivity index (χ1) is 13.7. The Morgan fingerprint density at radius 2 is 1.93 bits per heavy atom. The predicted molar refractivity (Wildman–Crippen MR) is 111 cm³/mol. The van der Waals surface area contributed by atoms with Gasteiger partial charge in [0.25, 0.3) is 5.91 Å². The van der Waals surface area contributed by atoms with Gasteiger partial charge in [0.05, 0.1) is 16.6 Å². The monoisotopic (exact) mass is 406 g/mol. The van der Waals surface area contributed by atoms with Crippen LogP contribution in [0, 0.1) is 0 Å². The maximum atomic E-state index is 12.3. The first kappa shape index (κ1) is 17.3. The van der Waals surface area contributed by atoms with Crippen LogP contribution in [0.3, 0.4) is 0 Å². The van der Waals surface area contributed by atoms with Crippen molar-refractivity contribution in [1.29, 1.82) is 0 Å². The van der Waals surface area contributed by atoms with Crippen molar-refractivity contribution in [2.45, 2.75) is 16.5 Å². The third kappa shape index (κ3) is 3.04. The van der Waals surface area contributed by atoms with Gasteiger partial charge < -0.3 is 9.88 Å². The lowest BCUT2D eigenvalue weighted by molar-refractivity contribution is 0.0956. The van der Waals surface area contributed by atoms with Gasteiger partial charge in [0.2, 0.25) is 0 Å². The van der Waals surface area contributed by atoms with Gasteiger partial charge in [-0.05, 0) is 48.5 Å². The molecule has 0 fully saturated rings. The van der Waals surface area contributed by atoms with Gasteiger partial charge in [0.15, 0.2) is 0 Å². The second-order valence-electron chi connectivity index (χ2n) is 6.46. The minimum atomic E-state index is -0.0522. The summed E-state index contributed by atoms with van der Waals surface area (Å²) < 4.78 is 2.10. The molecule has 0 radical (unpaired) electrons. The summed E-state index contributed by atoms with van der Waals surface area (Å²) in [6.07, 6.45) is 1.84. The zero-order valence-corrected chi connectivity index (χ0v) is 16.3. The molecule has 28 heavy (non-hydrogen) atoms. The highest BCUT2D eigenvalue weighted by molar-refractivity contribution is 7.99. The summed E-state index contributed by atoms with van der Waals surface area (Å²) in [5, 5.41) is 4.56. The zero-order chi connectivity index (χ0) is 19.1. The van der Waals surface area contributed by atoms with Crippen LogP contribution >= 0.6 is 23.4 Å². The number of carbonyl (C=O) groups is 1. The summed E-state index contributed by atoms with van der Waals surface area (Å²) in [5.74, 6) is 0.776. The average molecular weight is 407 g/mol. The Labute approximate surface area is 170 Å². The van der Waals surface area contributed by atoms with Gasteiger partial charge >= 0.3 is 0 Å². The molecular weight excluding hydrogens is 392 g/mol. The fraction of sp³-hybridized carbons (Fsp3) is 0.0952. The van der Waals surface area contributed by atoms with Crippen molar-refractivity contribution in [3.8, 4) is 11.4 Å². The Balaban J connectivity index is 1.52. The smallest absolute Gasteiger partial charge is 0.253 e. The quantitative estimate of drug-likeness (QED) is 0.538. The summed E-state index contributed by atoms with van der Waals surface area (Å²) in [6, 6.07) is 17.4. The summed E-state index contributed by atoms with van der Waals surface area (Å²) in [6.45, 7) is 1.25. The summed E-state index contributed by atoms with van der Waals surface area (Å²) >= 11 is 7.52. The van der Waals surface area contributed by atoms with Crippen molar-refractivity contribution in [2.24, 2.45) is 0 Å². The van der Waals surface area contributed by atoms with Gasteiger partial charge in [0.1, 0.15) is 10.9 Å².